The predicted octanol–water partition coefficient (Wildman–Crippen LogP) is 1.62. The number of carbonyl (C=O) groups excluding carboxylic acids is 1. The number of pyridine rings is 1. The summed E-state index contributed by atoms with van der Waals surface area (Å²) < 4.78 is 1.93. The van der Waals surface area contributed by atoms with Crippen molar-refractivity contribution in [3.8, 4) is 0 Å². The first kappa shape index (κ1) is 14.5. The van der Waals surface area contributed by atoms with Crippen molar-refractivity contribution in [2.45, 2.75) is 26.4 Å². The molecule has 5 heteroatoms. The van der Waals surface area contributed by atoms with E-state index in [0.717, 1.165) is 30.5 Å². The second-order valence-electron chi connectivity index (χ2n) is 5.12. The maximum absolute atomic E-state index is 11.9. The Morgan fingerprint density at radius 3 is 2.95 bits per heavy atom. The van der Waals surface area contributed by atoms with Gasteiger partial charge in [-0.2, -0.15) is 0 Å². The number of fused-ring (bicyclic) bond motifs is 1. The number of hydrogen-bond donors (Lipinski definition) is 1. The quantitative estimate of drug-likeness (QED) is 0.814. The van der Waals surface area contributed by atoms with Crippen LogP contribution < -0.4 is 5.32 Å². The highest BCUT2D eigenvalue weighted by molar-refractivity contribution is 5.83. The molecule has 0 radical (unpaired) electrons. The highest BCUT2D eigenvalue weighted by Crippen LogP contribution is 2.19. The van der Waals surface area contributed by atoms with E-state index in [0.29, 0.717) is 6.54 Å². The number of nitrogens with one attached hydrogen (secondary N) is 1. The molecule has 2 rings (SSSR count). The highest BCUT2D eigenvalue weighted by atomic mass is 16.2. The summed E-state index contributed by atoms with van der Waals surface area (Å²) in [6, 6.07) is 3.99. The molecule has 0 saturated carbocycles. The number of likely N-dealkylation sites (N-methyl/N-ethyl adjacent to an activating group) is 1. The van der Waals surface area contributed by atoms with Gasteiger partial charge in [0, 0.05) is 38.4 Å². The van der Waals surface area contributed by atoms with Gasteiger partial charge in [-0.25, -0.2) is 4.98 Å². The number of carbonyl (C=O) groups is 1. The van der Waals surface area contributed by atoms with Gasteiger partial charge in [-0.3, -0.25) is 4.79 Å². The van der Waals surface area contributed by atoms with Crippen LogP contribution in [-0.2, 0) is 17.9 Å². The van der Waals surface area contributed by atoms with Crippen LogP contribution in [0.25, 0.3) is 11.0 Å². The molecule has 0 aliphatic heterocycles. The van der Waals surface area contributed by atoms with Crippen LogP contribution in [0.1, 0.15) is 18.9 Å². The molecule has 1 amide bonds. The van der Waals surface area contributed by atoms with Crippen LogP contribution in [0.5, 0.6) is 0 Å². The summed E-state index contributed by atoms with van der Waals surface area (Å²) in [5.41, 5.74) is 2.06. The molecule has 108 valence electrons. The van der Waals surface area contributed by atoms with Gasteiger partial charge in [-0.1, -0.05) is 6.92 Å². The van der Waals surface area contributed by atoms with E-state index in [2.05, 4.69) is 23.3 Å². The van der Waals surface area contributed by atoms with Gasteiger partial charge in [-0.05, 0) is 30.7 Å². The van der Waals surface area contributed by atoms with Crippen molar-refractivity contribution in [3.63, 3.8) is 0 Å². The van der Waals surface area contributed by atoms with Crippen molar-refractivity contribution < 1.29 is 4.79 Å². The number of hydrogen-bond acceptors (Lipinski definition) is 3. The second kappa shape index (κ2) is 6.52. The zero-order chi connectivity index (χ0) is 14.5. The lowest BCUT2D eigenvalue weighted by atomic mass is 10.2. The standard InChI is InChI=1S/C15H22N4O/c1-4-7-16-9-12-10-19(11-14(20)18(2)3)15-13(12)6-5-8-17-15/h5-6,8,10,16H,4,7,9,11H2,1-3H3. The van der Waals surface area contributed by atoms with Crippen LogP contribution >= 0.6 is 0 Å². The van der Waals surface area contributed by atoms with Crippen LogP contribution in [0.3, 0.4) is 0 Å². The van der Waals surface area contributed by atoms with Crippen molar-refractivity contribution in [1.82, 2.24) is 19.8 Å². The van der Waals surface area contributed by atoms with E-state index < -0.39 is 0 Å². The minimum Gasteiger partial charge on any atom is -0.347 e. The fraction of sp³-hybridized carbons (Fsp3) is 0.467. The third-order valence-corrected chi connectivity index (χ3v) is 3.26. The van der Waals surface area contributed by atoms with Gasteiger partial charge in [-0.15, -0.1) is 0 Å². The molecule has 1 N–H and O–H groups in total. The molecule has 5 nitrogen and oxygen atoms in total. The van der Waals surface area contributed by atoms with Crippen molar-refractivity contribution in [2.75, 3.05) is 20.6 Å². The predicted molar refractivity (Wildman–Crippen MR) is 80.4 cm³/mol. The molecule has 0 saturated heterocycles. The summed E-state index contributed by atoms with van der Waals surface area (Å²) in [4.78, 5) is 17.9. The third-order valence-electron chi connectivity index (χ3n) is 3.26. The molecule has 20 heavy (non-hydrogen) atoms. The van der Waals surface area contributed by atoms with Crippen LogP contribution in [0.2, 0.25) is 0 Å². The van der Waals surface area contributed by atoms with E-state index >= 15 is 0 Å². The Balaban J connectivity index is 2.28. The maximum Gasteiger partial charge on any atom is 0.242 e. The van der Waals surface area contributed by atoms with E-state index in [1.54, 1.807) is 25.2 Å². The Morgan fingerprint density at radius 2 is 2.25 bits per heavy atom. The average molecular weight is 274 g/mol. The Labute approximate surface area is 119 Å². The molecule has 0 aliphatic rings. The van der Waals surface area contributed by atoms with E-state index in [4.69, 9.17) is 0 Å². The minimum atomic E-state index is 0.0700. The van der Waals surface area contributed by atoms with Crippen LogP contribution in [-0.4, -0.2) is 41.0 Å². The molecule has 0 atom stereocenters. The molecule has 2 aromatic rings. The molecule has 0 aliphatic carbocycles. The lowest BCUT2D eigenvalue weighted by Crippen LogP contribution is -2.26. The van der Waals surface area contributed by atoms with Gasteiger partial charge in [0.2, 0.25) is 5.91 Å². The van der Waals surface area contributed by atoms with Crippen molar-refractivity contribution in [1.29, 1.82) is 0 Å². The average Bonchev–Trinajstić information content (AvgIpc) is 2.78. The van der Waals surface area contributed by atoms with Crippen LogP contribution in [0.15, 0.2) is 24.5 Å². The summed E-state index contributed by atoms with van der Waals surface area (Å²) in [5, 5.41) is 4.51. The van der Waals surface area contributed by atoms with E-state index in [1.807, 2.05) is 16.8 Å². The normalized spacial score (nSPS) is 10.9. The Hall–Kier alpha value is -1.88. The maximum atomic E-state index is 11.9. The monoisotopic (exact) mass is 274 g/mol. The number of nitrogens with zero attached hydrogens (tertiary/aromatic N) is 3. The molecule has 2 heterocycles. The molecule has 0 spiro atoms. The van der Waals surface area contributed by atoms with Crippen molar-refractivity contribution in [2.24, 2.45) is 0 Å². The van der Waals surface area contributed by atoms with E-state index in [9.17, 15) is 4.79 Å². The summed E-state index contributed by atoms with van der Waals surface area (Å²) >= 11 is 0. The smallest absolute Gasteiger partial charge is 0.242 e. The number of rotatable bonds is 6. The second-order valence-corrected chi connectivity index (χ2v) is 5.12. The summed E-state index contributed by atoms with van der Waals surface area (Å²) in [7, 11) is 3.54. The Bertz CT molecular complexity index is 589. The number of amides is 1. The Morgan fingerprint density at radius 1 is 1.45 bits per heavy atom. The largest absolute Gasteiger partial charge is 0.347 e. The zero-order valence-electron chi connectivity index (χ0n) is 12.4. The summed E-state index contributed by atoms with van der Waals surface area (Å²) in [5.74, 6) is 0.0700. The topological polar surface area (TPSA) is 50.2 Å². The van der Waals surface area contributed by atoms with Crippen LogP contribution in [0.4, 0.5) is 0 Å². The van der Waals surface area contributed by atoms with E-state index in [1.165, 1.54) is 5.56 Å². The first-order chi connectivity index (χ1) is 9.63. The molecule has 0 aromatic carbocycles. The van der Waals surface area contributed by atoms with Gasteiger partial charge >= 0.3 is 0 Å². The summed E-state index contributed by atoms with van der Waals surface area (Å²) in [6.07, 6.45) is 4.90. The third kappa shape index (κ3) is 3.17. The van der Waals surface area contributed by atoms with Gasteiger partial charge in [0.1, 0.15) is 12.2 Å². The molecule has 2 aromatic heterocycles. The Kier molecular flexibility index (Phi) is 4.74. The van der Waals surface area contributed by atoms with E-state index in [-0.39, 0.29) is 5.91 Å². The molecule has 0 unspecified atom stereocenters. The van der Waals surface area contributed by atoms with Gasteiger partial charge < -0.3 is 14.8 Å². The molecular weight excluding hydrogens is 252 g/mol. The summed E-state index contributed by atoms with van der Waals surface area (Å²) in [6.45, 7) is 4.27. The fourth-order valence-electron chi connectivity index (χ4n) is 2.14. The molecule has 0 fully saturated rings. The first-order valence-electron chi connectivity index (χ1n) is 6.97. The lowest BCUT2D eigenvalue weighted by molar-refractivity contribution is -0.129. The first-order valence-corrected chi connectivity index (χ1v) is 6.97. The molecular formula is C15H22N4O. The highest BCUT2D eigenvalue weighted by Gasteiger charge is 2.12. The molecule has 0 bridgehead atoms. The lowest BCUT2D eigenvalue weighted by Gasteiger charge is -2.11. The van der Waals surface area contributed by atoms with Gasteiger partial charge in [0.25, 0.3) is 0 Å². The van der Waals surface area contributed by atoms with Crippen molar-refractivity contribution >= 4 is 16.9 Å². The van der Waals surface area contributed by atoms with Crippen molar-refractivity contribution in [3.05, 3.63) is 30.1 Å². The SMILES string of the molecule is CCCNCc1cn(CC(=O)N(C)C)c2ncccc12. The van der Waals surface area contributed by atoms with Gasteiger partial charge in [0.15, 0.2) is 0 Å². The van der Waals surface area contributed by atoms with Gasteiger partial charge in [0.05, 0.1) is 0 Å². The zero-order valence-corrected chi connectivity index (χ0v) is 12.4. The number of aromatic nitrogens is 2. The fourth-order valence-corrected chi connectivity index (χ4v) is 2.14. The van der Waals surface area contributed by atoms with Crippen LogP contribution in [0, 0.1) is 0 Å². The minimum absolute atomic E-state index is 0.0700.